The summed E-state index contributed by atoms with van der Waals surface area (Å²) < 4.78 is 28.2. The van der Waals surface area contributed by atoms with Gasteiger partial charge in [0.05, 0.1) is 16.0 Å². The molecule has 2 aromatic carbocycles. The number of thiazole rings is 1. The Morgan fingerprint density at radius 3 is 2.79 bits per heavy atom. The molecule has 0 unspecified atom stereocenters. The number of fused-ring (bicyclic) bond motifs is 1. The van der Waals surface area contributed by atoms with E-state index in [0.29, 0.717) is 9.91 Å². The lowest BCUT2D eigenvalue weighted by Gasteiger charge is -2.04. The van der Waals surface area contributed by atoms with Crippen molar-refractivity contribution >= 4 is 50.3 Å². The minimum Gasteiger partial charge on any atom is -0.481 e. The van der Waals surface area contributed by atoms with Crippen LogP contribution in [0.3, 0.4) is 0 Å². The Bertz CT molecular complexity index is 904. The topological polar surface area (TPSA) is 50.2 Å². The summed E-state index contributed by atoms with van der Waals surface area (Å²) in [5.74, 6) is -2.33. The average Bonchev–Trinajstić information content (AvgIpc) is 2.98. The van der Waals surface area contributed by atoms with Crippen LogP contribution in [-0.2, 0) is 4.79 Å². The van der Waals surface area contributed by atoms with Gasteiger partial charge in [0, 0.05) is 10.5 Å². The molecule has 0 radical (unpaired) electrons. The summed E-state index contributed by atoms with van der Waals surface area (Å²) in [5, 5.41) is 9.49. The summed E-state index contributed by atoms with van der Waals surface area (Å²) in [5.41, 5.74) is 0.834. The van der Waals surface area contributed by atoms with Crippen molar-refractivity contribution in [2.45, 2.75) is 0 Å². The number of hydrogen-bond acceptors (Lipinski definition) is 4. The molecule has 1 aromatic heterocycles. The van der Waals surface area contributed by atoms with E-state index >= 15 is 0 Å². The maximum atomic E-state index is 13.9. The maximum absolute atomic E-state index is 13.9. The van der Waals surface area contributed by atoms with Gasteiger partial charge in [0.15, 0.2) is 0 Å². The summed E-state index contributed by atoms with van der Waals surface area (Å²) in [7, 11) is 0. The number of rotatable bonds is 5. The Balaban J connectivity index is 2.06. The zero-order chi connectivity index (χ0) is 17.1. The lowest BCUT2D eigenvalue weighted by atomic mass is 10.2. The number of para-hydroxylation sites is 1. The second-order valence-corrected chi connectivity index (χ2v) is 6.89. The Hall–Kier alpha value is -2.25. The maximum Gasteiger partial charge on any atom is 0.313 e. The fraction of sp³-hybridized carbons (Fsp3) is 0.0588. The summed E-state index contributed by atoms with van der Waals surface area (Å²) in [6.45, 7) is 0. The third-order valence-electron chi connectivity index (χ3n) is 3.10. The summed E-state index contributed by atoms with van der Waals surface area (Å²) in [4.78, 5) is 15.8. The van der Waals surface area contributed by atoms with E-state index in [9.17, 15) is 13.6 Å². The van der Waals surface area contributed by atoms with Crippen LogP contribution in [0.1, 0.15) is 10.6 Å². The standard InChI is InChI=1S/C17H11F2NO2S2/c18-11-5-6-12(19)10(7-11)8-15(23-9-16(21)22)17-20-13-3-1-2-4-14(13)24-17/h1-8H,9H2,(H,21,22). The molecule has 0 fully saturated rings. The van der Waals surface area contributed by atoms with Gasteiger partial charge in [-0.2, -0.15) is 0 Å². The van der Waals surface area contributed by atoms with Gasteiger partial charge < -0.3 is 5.11 Å². The van der Waals surface area contributed by atoms with Crippen LogP contribution >= 0.6 is 23.1 Å². The number of aromatic nitrogens is 1. The number of nitrogens with zero attached hydrogens (tertiary/aromatic N) is 1. The third-order valence-corrected chi connectivity index (χ3v) is 5.31. The molecule has 3 aromatic rings. The lowest BCUT2D eigenvalue weighted by molar-refractivity contribution is -0.133. The van der Waals surface area contributed by atoms with Crippen molar-refractivity contribution in [2.24, 2.45) is 0 Å². The van der Waals surface area contributed by atoms with Gasteiger partial charge in [-0.15, -0.1) is 23.1 Å². The monoisotopic (exact) mass is 363 g/mol. The molecule has 0 aliphatic rings. The molecule has 0 aliphatic carbocycles. The van der Waals surface area contributed by atoms with E-state index in [0.717, 1.165) is 40.2 Å². The molecule has 0 aliphatic heterocycles. The van der Waals surface area contributed by atoms with Crippen molar-refractivity contribution < 1.29 is 18.7 Å². The van der Waals surface area contributed by atoms with Crippen LogP contribution < -0.4 is 0 Å². The van der Waals surface area contributed by atoms with Gasteiger partial charge in [-0.3, -0.25) is 4.79 Å². The second-order valence-electron chi connectivity index (χ2n) is 4.84. The molecular formula is C17H11F2NO2S2. The average molecular weight is 363 g/mol. The SMILES string of the molecule is O=C(O)CSC(=Cc1cc(F)ccc1F)c1nc2ccccc2s1. The lowest BCUT2D eigenvalue weighted by Crippen LogP contribution is -1.98. The predicted molar refractivity (Wildman–Crippen MR) is 93.9 cm³/mol. The first-order valence-corrected chi connectivity index (χ1v) is 8.70. The predicted octanol–water partition coefficient (Wildman–Crippen LogP) is 4.89. The third kappa shape index (κ3) is 3.80. The molecular weight excluding hydrogens is 352 g/mol. The van der Waals surface area contributed by atoms with Gasteiger partial charge in [0.1, 0.15) is 16.6 Å². The fourth-order valence-corrected chi connectivity index (χ4v) is 3.89. The zero-order valence-corrected chi connectivity index (χ0v) is 13.8. The number of benzene rings is 2. The quantitative estimate of drug-likeness (QED) is 0.701. The number of carbonyl (C=O) groups is 1. The van der Waals surface area contributed by atoms with E-state index in [1.165, 1.54) is 17.4 Å². The highest BCUT2D eigenvalue weighted by molar-refractivity contribution is 8.09. The molecule has 0 saturated heterocycles. The van der Waals surface area contributed by atoms with Gasteiger partial charge in [-0.25, -0.2) is 13.8 Å². The highest BCUT2D eigenvalue weighted by atomic mass is 32.2. The Kier molecular flexibility index (Phi) is 4.92. The van der Waals surface area contributed by atoms with Crippen molar-refractivity contribution in [3.63, 3.8) is 0 Å². The van der Waals surface area contributed by atoms with Crippen LogP contribution in [0.2, 0.25) is 0 Å². The number of carboxylic acid groups (broad SMARTS) is 1. The van der Waals surface area contributed by atoms with E-state index in [1.807, 2.05) is 24.3 Å². The Morgan fingerprint density at radius 1 is 1.25 bits per heavy atom. The molecule has 0 amide bonds. The van der Waals surface area contributed by atoms with Gasteiger partial charge in [0.2, 0.25) is 0 Å². The molecule has 0 atom stereocenters. The molecule has 24 heavy (non-hydrogen) atoms. The smallest absolute Gasteiger partial charge is 0.313 e. The molecule has 3 nitrogen and oxygen atoms in total. The highest BCUT2D eigenvalue weighted by Gasteiger charge is 2.13. The van der Waals surface area contributed by atoms with Crippen LogP contribution in [0, 0.1) is 11.6 Å². The zero-order valence-electron chi connectivity index (χ0n) is 12.2. The van der Waals surface area contributed by atoms with Gasteiger partial charge in [0.25, 0.3) is 0 Å². The highest BCUT2D eigenvalue weighted by Crippen LogP contribution is 2.35. The molecule has 0 bridgehead atoms. The minimum atomic E-state index is -0.994. The van der Waals surface area contributed by atoms with Crippen LogP contribution in [0.4, 0.5) is 8.78 Å². The number of aliphatic carboxylic acids is 1. The van der Waals surface area contributed by atoms with Crippen molar-refractivity contribution in [1.29, 1.82) is 0 Å². The minimum absolute atomic E-state index is 0.0575. The van der Waals surface area contributed by atoms with Crippen LogP contribution in [-0.4, -0.2) is 21.8 Å². The van der Waals surface area contributed by atoms with Crippen LogP contribution in [0.25, 0.3) is 21.2 Å². The first-order valence-electron chi connectivity index (χ1n) is 6.90. The molecule has 3 rings (SSSR count). The summed E-state index contributed by atoms with van der Waals surface area (Å²) in [6.07, 6.45) is 1.43. The number of halogens is 2. The van der Waals surface area contributed by atoms with Gasteiger partial charge in [-0.05, 0) is 36.4 Å². The molecule has 0 spiro atoms. The largest absolute Gasteiger partial charge is 0.481 e. The normalized spacial score (nSPS) is 11.8. The Labute approximate surface area is 144 Å². The van der Waals surface area contributed by atoms with E-state index in [-0.39, 0.29) is 11.3 Å². The molecule has 7 heteroatoms. The molecule has 0 saturated carbocycles. The van der Waals surface area contributed by atoms with Gasteiger partial charge >= 0.3 is 5.97 Å². The van der Waals surface area contributed by atoms with Crippen molar-refractivity contribution in [2.75, 3.05) is 5.75 Å². The van der Waals surface area contributed by atoms with E-state index in [4.69, 9.17) is 5.11 Å². The number of hydrogen-bond donors (Lipinski definition) is 1. The summed E-state index contributed by atoms with van der Waals surface area (Å²) >= 11 is 2.40. The second kappa shape index (κ2) is 7.11. The van der Waals surface area contributed by atoms with E-state index < -0.39 is 17.6 Å². The molecule has 122 valence electrons. The van der Waals surface area contributed by atoms with Gasteiger partial charge in [-0.1, -0.05) is 12.1 Å². The Morgan fingerprint density at radius 2 is 2.04 bits per heavy atom. The number of thioether (sulfide) groups is 1. The first-order chi connectivity index (χ1) is 11.5. The van der Waals surface area contributed by atoms with Crippen LogP contribution in [0.15, 0.2) is 42.5 Å². The van der Waals surface area contributed by atoms with E-state index in [2.05, 4.69) is 4.98 Å². The van der Waals surface area contributed by atoms with Crippen molar-refractivity contribution in [3.8, 4) is 0 Å². The molecule has 1 heterocycles. The van der Waals surface area contributed by atoms with E-state index in [1.54, 1.807) is 0 Å². The number of carboxylic acids is 1. The first kappa shape index (κ1) is 16.6. The fourth-order valence-electron chi connectivity index (χ4n) is 2.05. The van der Waals surface area contributed by atoms with Crippen molar-refractivity contribution in [3.05, 3.63) is 64.7 Å². The van der Waals surface area contributed by atoms with Crippen LogP contribution in [0.5, 0.6) is 0 Å². The summed E-state index contributed by atoms with van der Waals surface area (Å²) in [6, 6.07) is 10.6. The van der Waals surface area contributed by atoms with Crippen molar-refractivity contribution in [1.82, 2.24) is 4.98 Å². The molecule has 1 N–H and O–H groups in total.